The number of alkyl halides is 3. The first-order valence-electron chi connectivity index (χ1n) is 5.15. The summed E-state index contributed by atoms with van der Waals surface area (Å²) in [6, 6.07) is 4.37. The van der Waals surface area contributed by atoms with Crippen LogP contribution >= 0.6 is 0 Å². The van der Waals surface area contributed by atoms with Gasteiger partial charge in [-0.15, -0.1) is 13.2 Å². The van der Waals surface area contributed by atoms with Gasteiger partial charge in [0.05, 0.1) is 6.20 Å². The van der Waals surface area contributed by atoms with Gasteiger partial charge in [0.2, 0.25) is 11.8 Å². The molecule has 0 spiro atoms. The van der Waals surface area contributed by atoms with Crippen molar-refractivity contribution in [1.29, 1.82) is 0 Å². The van der Waals surface area contributed by atoms with E-state index in [0.717, 1.165) is 18.3 Å². The summed E-state index contributed by atoms with van der Waals surface area (Å²) < 4.78 is 57.8. The second kappa shape index (κ2) is 5.19. The van der Waals surface area contributed by atoms with E-state index in [0.29, 0.717) is 0 Å². The molecule has 2 N–H and O–H groups in total. The Labute approximate surface area is 110 Å². The summed E-state index contributed by atoms with van der Waals surface area (Å²) in [5.74, 6) is -1.83. The van der Waals surface area contributed by atoms with Crippen molar-refractivity contribution in [3.8, 4) is 17.4 Å². The van der Waals surface area contributed by atoms with Crippen LogP contribution in [-0.2, 0) is 0 Å². The van der Waals surface area contributed by atoms with E-state index in [1.54, 1.807) is 0 Å². The van der Waals surface area contributed by atoms with Gasteiger partial charge in [-0.3, -0.25) is 0 Å². The fourth-order valence-electron chi connectivity index (χ4n) is 1.26. The molecular formula is C11H7F4N3O2. The Morgan fingerprint density at radius 3 is 2.25 bits per heavy atom. The molecule has 2 aromatic rings. The summed E-state index contributed by atoms with van der Waals surface area (Å²) >= 11 is 0. The van der Waals surface area contributed by atoms with E-state index in [4.69, 9.17) is 10.5 Å². The molecule has 9 heteroatoms. The normalized spacial score (nSPS) is 11.2. The van der Waals surface area contributed by atoms with Gasteiger partial charge in [-0.2, -0.15) is 9.37 Å². The number of halogens is 4. The number of nitrogens with two attached hydrogens (primary N) is 1. The molecule has 2 rings (SSSR count). The Balaban J connectivity index is 2.13. The van der Waals surface area contributed by atoms with Gasteiger partial charge in [-0.05, 0) is 24.3 Å². The van der Waals surface area contributed by atoms with Crippen molar-refractivity contribution >= 4 is 5.95 Å². The van der Waals surface area contributed by atoms with Crippen LogP contribution in [0, 0.1) is 5.82 Å². The van der Waals surface area contributed by atoms with E-state index >= 15 is 0 Å². The highest BCUT2D eigenvalue weighted by Crippen LogP contribution is 2.27. The zero-order valence-electron chi connectivity index (χ0n) is 9.69. The molecule has 20 heavy (non-hydrogen) atoms. The average Bonchev–Trinajstić information content (AvgIpc) is 2.34. The number of aromatic nitrogens is 2. The third-order valence-corrected chi connectivity index (χ3v) is 2.00. The maximum atomic E-state index is 13.3. The van der Waals surface area contributed by atoms with Crippen molar-refractivity contribution in [1.82, 2.24) is 9.97 Å². The topological polar surface area (TPSA) is 70.3 Å². The first kappa shape index (κ1) is 13.8. The van der Waals surface area contributed by atoms with Crippen LogP contribution in [0.25, 0.3) is 0 Å². The Hall–Kier alpha value is -2.58. The van der Waals surface area contributed by atoms with Crippen LogP contribution in [0.2, 0.25) is 0 Å². The molecule has 0 amide bonds. The first-order chi connectivity index (χ1) is 9.33. The summed E-state index contributed by atoms with van der Waals surface area (Å²) in [7, 11) is 0. The molecule has 0 saturated carbocycles. The minimum absolute atomic E-state index is 0.0662. The largest absolute Gasteiger partial charge is 0.573 e. The van der Waals surface area contributed by atoms with Gasteiger partial charge in [0.15, 0.2) is 0 Å². The second-order valence-corrected chi connectivity index (χ2v) is 3.50. The predicted octanol–water partition coefficient (Wildman–Crippen LogP) is 2.89. The molecule has 5 nitrogen and oxygen atoms in total. The molecule has 1 heterocycles. The zero-order chi connectivity index (χ0) is 14.8. The number of hydrogen-bond acceptors (Lipinski definition) is 5. The molecule has 0 fully saturated rings. The fourth-order valence-corrected chi connectivity index (χ4v) is 1.26. The third-order valence-electron chi connectivity index (χ3n) is 2.00. The van der Waals surface area contributed by atoms with Crippen molar-refractivity contribution in [2.45, 2.75) is 6.36 Å². The molecule has 0 saturated heterocycles. The van der Waals surface area contributed by atoms with Gasteiger partial charge in [0, 0.05) is 0 Å². The van der Waals surface area contributed by atoms with Gasteiger partial charge in [0.1, 0.15) is 11.5 Å². The standard InChI is InChI=1S/C11H7F4N3O2/c12-8-5-17-10(16)18-9(8)19-6-1-3-7(4-2-6)20-11(13,14)15/h1-5H,(H2,16,17,18). The smallest absolute Gasteiger partial charge is 0.436 e. The Bertz CT molecular complexity index is 602. The van der Waals surface area contributed by atoms with E-state index in [-0.39, 0.29) is 11.7 Å². The van der Waals surface area contributed by atoms with Crippen LogP contribution in [0.1, 0.15) is 0 Å². The van der Waals surface area contributed by atoms with Gasteiger partial charge >= 0.3 is 6.36 Å². The van der Waals surface area contributed by atoms with Gasteiger partial charge in [-0.1, -0.05) is 0 Å². The lowest BCUT2D eigenvalue weighted by atomic mass is 10.3. The van der Waals surface area contributed by atoms with Crippen molar-refractivity contribution < 1.29 is 27.0 Å². The molecule has 0 bridgehead atoms. The highest BCUT2D eigenvalue weighted by atomic mass is 19.4. The van der Waals surface area contributed by atoms with Crippen LogP contribution in [0.3, 0.4) is 0 Å². The summed E-state index contributed by atoms with van der Waals surface area (Å²) in [5, 5.41) is 0. The first-order valence-corrected chi connectivity index (χ1v) is 5.15. The average molecular weight is 289 g/mol. The number of nitrogen functional groups attached to an aromatic ring is 1. The molecular weight excluding hydrogens is 282 g/mol. The van der Waals surface area contributed by atoms with Crippen LogP contribution in [0.4, 0.5) is 23.5 Å². The van der Waals surface area contributed by atoms with E-state index in [9.17, 15) is 17.6 Å². The number of benzene rings is 1. The molecule has 0 radical (unpaired) electrons. The molecule has 1 aromatic carbocycles. The summed E-state index contributed by atoms with van der Waals surface area (Å²) in [6.45, 7) is 0. The zero-order valence-corrected chi connectivity index (χ0v) is 9.69. The summed E-state index contributed by atoms with van der Waals surface area (Å²) in [5.41, 5.74) is 5.26. The lowest BCUT2D eigenvalue weighted by Crippen LogP contribution is -2.16. The maximum absolute atomic E-state index is 13.3. The quantitative estimate of drug-likeness (QED) is 0.880. The number of rotatable bonds is 3. The molecule has 0 aliphatic carbocycles. The van der Waals surface area contributed by atoms with E-state index in [2.05, 4.69) is 14.7 Å². The van der Waals surface area contributed by atoms with Gasteiger partial charge < -0.3 is 15.2 Å². The minimum Gasteiger partial charge on any atom is -0.436 e. The summed E-state index contributed by atoms with van der Waals surface area (Å²) in [4.78, 5) is 6.91. The Morgan fingerprint density at radius 2 is 1.65 bits per heavy atom. The van der Waals surface area contributed by atoms with Crippen molar-refractivity contribution in [2.75, 3.05) is 5.73 Å². The predicted molar refractivity (Wildman–Crippen MR) is 59.6 cm³/mol. The maximum Gasteiger partial charge on any atom is 0.573 e. The Kier molecular flexibility index (Phi) is 3.59. The van der Waals surface area contributed by atoms with Crippen molar-refractivity contribution in [3.63, 3.8) is 0 Å². The van der Waals surface area contributed by atoms with E-state index in [1.807, 2.05) is 0 Å². The van der Waals surface area contributed by atoms with E-state index in [1.165, 1.54) is 12.1 Å². The molecule has 0 unspecified atom stereocenters. The molecule has 0 aliphatic heterocycles. The second-order valence-electron chi connectivity index (χ2n) is 3.50. The molecule has 0 atom stereocenters. The number of ether oxygens (including phenoxy) is 2. The number of anilines is 1. The highest BCUT2D eigenvalue weighted by Gasteiger charge is 2.31. The summed E-state index contributed by atoms with van der Waals surface area (Å²) in [6.07, 6.45) is -3.96. The molecule has 1 aromatic heterocycles. The molecule has 106 valence electrons. The van der Waals surface area contributed by atoms with Crippen molar-refractivity contribution in [2.24, 2.45) is 0 Å². The highest BCUT2D eigenvalue weighted by molar-refractivity contribution is 5.34. The van der Waals surface area contributed by atoms with Crippen LogP contribution in [-0.4, -0.2) is 16.3 Å². The van der Waals surface area contributed by atoms with E-state index < -0.39 is 23.8 Å². The number of nitrogens with zero attached hydrogens (tertiary/aromatic N) is 2. The number of hydrogen-bond donors (Lipinski definition) is 1. The van der Waals surface area contributed by atoms with Crippen LogP contribution in [0.5, 0.6) is 17.4 Å². The van der Waals surface area contributed by atoms with Crippen LogP contribution < -0.4 is 15.2 Å². The van der Waals surface area contributed by atoms with Crippen LogP contribution in [0.15, 0.2) is 30.5 Å². The third kappa shape index (κ3) is 3.70. The monoisotopic (exact) mass is 289 g/mol. The van der Waals surface area contributed by atoms with Gasteiger partial charge in [0.25, 0.3) is 5.88 Å². The Morgan fingerprint density at radius 1 is 1.05 bits per heavy atom. The minimum atomic E-state index is -4.78. The van der Waals surface area contributed by atoms with Gasteiger partial charge in [-0.25, -0.2) is 4.98 Å². The lowest BCUT2D eigenvalue weighted by molar-refractivity contribution is -0.274. The molecule has 0 aliphatic rings. The van der Waals surface area contributed by atoms with Crippen molar-refractivity contribution in [3.05, 3.63) is 36.3 Å². The SMILES string of the molecule is Nc1ncc(F)c(Oc2ccc(OC(F)(F)F)cc2)n1. The fraction of sp³-hybridized carbons (Fsp3) is 0.0909. The lowest BCUT2D eigenvalue weighted by Gasteiger charge is -2.09.